The van der Waals surface area contributed by atoms with Gasteiger partial charge in [-0.05, 0) is 24.1 Å². The van der Waals surface area contributed by atoms with Crippen LogP contribution in [0.15, 0.2) is 18.2 Å². The Hall–Kier alpha value is -1.51. The van der Waals surface area contributed by atoms with E-state index >= 15 is 0 Å². The summed E-state index contributed by atoms with van der Waals surface area (Å²) >= 11 is 0. The number of ketones is 1. The molecule has 0 spiro atoms. The van der Waals surface area contributed by atoms with E-state index in [0.29, 0.717) is 29.3 Å². The van der Waals surface area contributed by atoms with Crippen LogP contribution in [0.2, 0.25) is 0 Å². The Morgan fingerprint density at radius 1 is 1.21 bits per heavy atom. The molecule has 0 saturated heterocycles. The van der Waals surface area contributed by atoms with Crippen LogP contribution in [0.4, 0.5) is 11.4 Å². The van der Waals surface area contributed by atoms with Crippen molar-refractivity contribution in [2.45, 2.75) is 20.3 Å². The molecule has 0 radical (unpaired) electrons. The van der Waals surface area contributed by atoms with Gasteiger partial charge in [-0.1, -0.05) is 13.8 Å². The molecular weight excluding hydrogens is 176 g/mol. The van der Waals surface area contributed by atoms with E-state index < -0.39 is 0 Å². The zero-order valence-corrected chi connectivity index (χ0v) is 8.58. The van der Waals surface area contributed by atoms with Crippen molar-refractivity contribution >= 4 is 17.2 Å². The van der Waals surface area contributed by atoms with Gasteiger partial charge in [0.25, 0.3) is 0 Å². The number of Topliss-reactive ketones (excluding diaryl/α,β-unsaturated/α-hetero) is 1. The predicted octanol–water partition coefficient (Wildman–Crippen LogP) is 2.08. The molecule has 0 atom stereocenters. The van der Waals surface area contributed by atoms with Gasteiger partial charge in [0.05, 0.1) is 0 Å². The molecule has 0 amide bonds. The van der Waals surface area contributed by atoms with Gasteiger partial charge in [-0.2, -0.15) is 0 Å². The maximum atomic E-state index is 11.6. The Balaban J connectivity index is 2.90. The number of rotatable bonds is 3. The SMILES string of the molecule is CC(C)CC(=O)c1cc(N)cc(N)c1. The number of hydrogen-bond acceptors (Lipinski definition) is 3. The molecule has 1 aromatic carbocycles. The van der Waals surface area contributed by atoms with Gasteiger partial charge in [0.2, 0.25) is 0 Å². The van der Waals surface area contributed by atoms with E-state index in [9.17, 15) is 4.79 Å². The summed E-state index contributed by atoms with van der Waals surface area (Å²) in [7, 11) is 0. The van der Waals surface area contributed by atoms with E-state index in [0.717, 1.165) is 0 Å². The number of hydrogen-bond donors (Lipinski definition) is 2. The largest absolute Gasteiger partial charge is 0.399 e. The molecule has 4 N–H and O–H groups in total. The molecule has 0 aliphatic rings. The zero-order valence-electron chi connectivity index (χ0n) is 8.58. The number of carbonyl (C=O) groups excluding carboxylic acids is 1. The highest BCUT2D eigenvalue weighted by atomic mass is 16.1. The lowest BCUT2D eigenvalue weighted by atomic mass is 10.0. The molecule has 0 aliphatic heterocycles. The summed E-state index contributed by atoms with van der Waals surface area (Å²) in [6.45, 7) is 4.01. The molecule has 0 aliphatic carbocycles. The average Bonchev–Trinajstić information content (AvgIpc) is 2.00. The summed E-state index contributed by atoms with van der Waals surface area (Å²) in [6.07, 6.45) is 0.531. The summed E-state index contributed by atoms with van der Waals surface area (Å²) in [5.74, 6) is 0.448. The first kappa shape index (κ1) is 10.6. The Labute approximate surface area is 84.1 Å². The fourth-order valence-corrected chi connectivity index (χ4v) is 1.33. The fourth-order valence-electron chi connectivity index (χ4n) is 1.33. The van der Waals surface area contributed by atoms with E-state index in [-0.39, 0.29) is 5.78 Å². The average molecular weight is 192 g/mol. The van der Waals surface area contributed by atoms with E-state index in [2.05, 4.69) is 0 Å². The van der Waals surface area contributed by atoms with Crippen molar-refractivity contribution in [2.75, 3.05) is 11.5 Å². The van der Waals surface area contributed by atoms with Crippen LogP contribution in [0.25, 0.3) is 0 Å². The first-order valence-corrected chi connectivity index (χ1v) is 4.68. The Kier molecular flexibility index (Phi) is 3.12. The molecule has 0 fully saturated rings. The van der Waals surface area contributed by atoms with Crippen molar-refractivity contribution < 1.29 is 4.79 Å². The Morgan fingerprint density at radius 3 is 2.14 bits per heavy atom. The van der Waals surface area contributed by atoms with E-state index in [1.54, 1.807) is 18.2 Å². The number of nitrogen functional groups attached to an aromatic ring is 2. The first-order valence-electron chi connectivity index (χ1n) is 4.68. The lowest BCUT2D eigenvalue weighted by Crippen LogP contribution is -2.05. The van der Waals surface area contributed by atoms with Gasteiger partial charge in [-0.15, -0.1) is 0 Å². The Morgan fingerprint density at radius 2 is 1.71 bits per heavy atom. The van der Waals surface area contributed by atoms with Crippen molar-refractivity contribution in [3.8, 4) is 0 Å². The second-order valence-electron chi connectivity index (χ2n) is 3.91. The third-order valence-electron chi connectivity index (χ3n) is 1.89. The van der Waals surface area contributed by atoms with Gasteiger partial charge < -0.3 is 11.5 Å². The van der Waals surface area contributed by atoms with Gasteiger partial charge >= 0.3 is 0 Å². The third kappa shape index (κ3) is 2.76. The van der Waals surface area contributed by atoms with Gasteiger partial charge in [0.1, 0.15) is 0 Å². The van der Waals surface area contributed by atoms with Crippen molar-refractivity contribution in [2.24, 2.45) is 5.92 Å². The van der Waals surface area contributed by atoms with E-state index in [1.165, 1.54) is 0 Å². The lowest BCUT2D eigenvalue weighted by molar-refractivity contribution is 0.0968. The molecule has 0 unspecified atom stereocenters. The van der Waals surface area contributed by atoms with E-state index in [4.69, 9.17) is 11.5 Å². The van der Waals surface area contributed by atoms with Crippen molar-refractivity contribution in [3.63, 3.8) is 0 Å². The Bertz CT molecular complexity index is 325. The van der Waals surface area contributed by atoms with Crippen LogP contribution < -0.4 is 11.5 Å². The van der Waals surface area contributed by atoms with Gasteiger partial charge in [0, 0.05) is 23.4 Å². The highest BCUT2D eigenvalue weighted by molar-refractivity contribution is 5.97. The number of carbonyl (C=O) groups is 1. The van der Waals surface area contributed by atoms with Crippen LogP contribution in [0.3, 0.4) is 0 Å². The topological polar surface area (TPSA) is 69.1 Å². The summed E-state index contributed by atoms with van der Waals surface area (Å²) < 4.78 is 0. The second-order valence-corrected chi connectivity index (χ2v) is 3.91. The monoisotopic (exact) mass is 192 g/mol. The molecule has 76 valence electrons. The molecule has 3 nitrogen and oxygen atoms in total. The van der Waals surface area contributed by atoms with Gasteiger partial charge in [-0.25, -0.2) is 0 Å². The molecular formula is C11H16N2O. The minimum absolute atomic E-state index is 0.0963. The third-order valence-corrected chi connectivity index (χ3v) is 1.89. The molecule has 0 saturated carbocycles. The quantitative estimate of drug-likeness (QED) is 0.569. The second kappa shape index (κ2) is 4.13. The fraction of sp³-hybridized carbons (Fsp3) is 0.364. The standard InChI is InChI=1S/C11H16N2O/c1-7(2)3-11(14)8-4-9(12)6-10(13)5-8/h4-7H,3,12-13H2,1-2H3. The van der Waals surface area contributed by atoms with Crippen LogP contribution >= 0.6 is 0 Å². The van der Waals surface area contributed by atoms with Gasteiger partial charge in [0.15, 0.2) is 5.78 Å². The highest BCUT2D eigenvalue weighted by Gasteiger charge is 2.09. The predicted molar refractivity (Wildman–Crippen MR) is 59.1 cm³/mol. The maximum absolute atomic E-state index is 11.6. The molecule has 1 aromatic rings. The lowest BCUT2D eigenvalue weighted by Gasteiger charge is -2.05. The summed E-state index contributed by atoms with van der Waals surface area (Å²) in [4.78, 5) is 11.6. The summed E-state index contributed by atoms with van der Waals surface area (Å²) in [5, 5.41) is 0. The molecule has 0 heterocycles. The molecule has 0 aromatic heterocycles. The van der Waals surface area contributed by atoms with Crippen LogP contribution in [0, 0.1) is 5.92 Å². The summed E-state index contributed by atoms with van der Waals surface area (Å²) in [6, 6.07) is 4.98. The summed E-state index contributed by atoms with van der Waals surface area (Å²) in [5.41, 5.74) is 12.9. The number of anilines is 2. The first-order chi connectivity index (χ1) is 6.49. The van der Waals surface area contributed by atoms with Crippen molar-refractivity contribution in [1.29, 1.82) is 0 Å². The maximum Gasteiger partial charge on any atom is 0.163 e. The van der Waals surface area contributed by atoms with Crippen molar-refractivity contribution in [1.82, 2.24) is 0 Å². The number of benzene rings is 1. The minimum atomic E-state index is 0.0963. The molecule has 1 rings (SSSR count). The smallest absolute Gasteiger partial charge is 0.163 e. The van der Waals surface area contributed by atoms with E-state index in [1.807, 2.05) is 13.8 Å². The molecule has 3 heteroatoms. The normalized spacial score (nSPS) is 10.5. The van der Waals surface area contributed by atoms with Crippen LogP contribution in [-0.2, 0) is 0 Å². The van der Waals surface area contributed by atoms with Crippen LogP contribution in [0.5, 0.6) is 0 Å². The van der Waals surface area contributed by atoms with Gasteiger partial charge in [-0.3, -0.25) is 4.79 Å². The molecule has 14 heavy (non-hydrogen) atoms. The van der Waals surface area contributed by atoms with Crippen LogP contribution in [-0.4, -0.2) is 5.78 Å². The highest BCUT2D eigenvalue weighted by Crippen LogP contribution is 2.16. The zero-order chi connectivity index (χ0) is 10.7. The van der Waals surface area contributed by atoms with Crippen LogP contribution in [0.1, 0.15) is 30.6 Å². The minimum Gasteiger partial charge on any atom is -0.399 e. The number of nitrogens with two attached hydrogens (primary N) is 2. The molecule has 0 bridgehead atoms. The van der Waals surface area contributed by atoms with Crippen molar-refractivity contribution in [3.05, 3.63) is 23.8 Å².